The van der Waals surface area contributed by atoms with Gasteiger partial charge in [0.1, 0.15) is 17.2 Å². The van der Waals surface area contributed by atoms with Crippen molar-refractivity contribution in [3.8, 4) is 0 Å². The fourth-order valence-electron chi connectivity index (χ4n) is 2.66. The summed E-state index contributed by atoms with van der Waals surface area (Å²) in [6.07, 6.45) is 2.25. The van der Waals surface area contributed by atoms with Crippen molar-refractivity contribution in [1.82, 2.24) is 0 Å². The Morgan fingerprint density at radius 2 is 2.15 bits per heavy atom. The van der Waals surface area contributed by atoms with Crippen LogP contribution in [0.15, 0.2) is 18.2 Å². The molecule has 0 bridgehead atoms. The molecule has 2 heterocycles. The molecule has 0 aliphatic carbocycles. The van der Waals surface area contributed by atoms with E-state index in [4.69, 9.17) is 14.2 Å². The van der Waals surface area contributed by atoms with Gasteiger partial charge in [0.2, 0.25) is 0 Å². The minimum absolute atomic E-state index is 0.223. The third-order valence-electron chi connectivity index (χ3n) is 3.99. The third kappa shape index (κ3) is 2.57. The molecule has 110 valence electrons. The molecule has 3 nitrogen and oxygen atoms in total. The van der Waals surface area contributed by atoms with Crippen molar-refractivity contribution in [3.63, 3.8) is 0 Å². The summed E-state index contributed by atoms with van der Waals surface area (Å²) in [7, 11) is 0. The van der Waals surface area contributed by atoms with Crippen LogP contribution in [-0.2, 0) is 19.8 Å². The van der Waals surface area contributed by atoms with Gasteiger partial charge in [0.25, 0.3) is 0 Å². The monoisotopic (exact) mass is 284 g/mol. The van der Waals surface area contributed by atoms with Gasteiger partial charge < -0.3 is 14.2 Å². The lowest BCUT2D eigenvalue weighted by atomic mass is 9.94. The lowest BCUT2D eigenvalue weighted by molar-refractivity contribution is -0.197. The SMILES string of the molecule is C[C@@H](OC1CCCCO1)[C@@]1(c2cc(F)ccc2F)CO1. The molecule has 2 fully saturated rings. The lowest BCUT2D eigenvalue weighted by Gasteiger charge is -2.29. The summed E-state index contributed by atoms with van der Waals surface area (Å²) < 4.78 is 44.0. The fraction of sp³-hybridized carbons (Fsp3) is 0.600. The molecule has 0 amide bonds. The van der Waals surface area contributed by atoms with Crippen LogP contribution in [0, 0.1) is 11.6 Å². The van der Waals surface area contributed by atoms with Gasteiger partial charge in [0, 0.05) is 12.2 Å². The van der Waals surface area contributed by atoms with Gasteiger partial charge in [-0.1, -0.05) is 0 Å². The molecule has 1 aromatic rings. The number of benzene rings is 1. The van der Waals surface area contributed by atoms with Crippen LogP contribution in [0.4, 0.5) is 8.78 Å². The Bertz CT molecular complexity index is 482. The van der Waals surface area contributed by atoms with Gasteiger partial charge in [-0.3, -0.25) is 0 Å². The van der Waals surface area contributed by atoms with Crippen LogP contribution in [0.3, 0.4) is 0 Å². The highest BCUT2D eigenvalue weighted by Gasteiger charge is 2.54. The van der Waals surface area contributed by atoms with Crippen LogP contribution in [0.2, 0.25) is 0 Å². The first-order valence-electron chi connectivity index (χ1n) is 6.98. The van der Waals surface area contributed by atoms with Crippen molar-refractivity contribution in [2.24, 2.45) is 0 Å². The van der Waals surface area contributed by atoms with Gasteiger partial charge in [-0.05, 0) is 44.4 Å². The second-order valence-corrected chi connectivity index (χ2v) is 5.38. The first-order chi connectivity index (χ1) is 9.62. The highest BCUT2D eigenvalue weighted by Crippen LogP contribution is 2.45. The van der Waals surface area contributed by atoms with Crippen LogP contribution in [0.1, 0.15) is 31.7 Å². The van der Waals surface area contributed by atoms with E-state index in [2.05, 4.69) is 0 Å². The number of hydrogen-bond donors (Lipinski definition) is 0. The predicted molar refractivity (Wildman–Crippen MR) is 68.1 cm³/mol. The average Bonchev–Trinajstić information content (AvgIpc) is 3.24. The standard InChI is InChI=1S/C15H18F2O3/c1-10(20-14-4-2-3-7-18-14)15(9-19-15)12-8-11(16)5-6-13(12)17/h5-6,8,10,14H,2-4,7,9H2,1H3/t10-,14?,15-/m1/s1. The van der Waals surface area contributed by atoms with Crippen LogP contribution < -0.4 is 0 Å². The summed E-state index contributed by atoms with van der Waals surface area (Å²) in [5.41, 5.74) is -0.659. The van der Waals surface area contributed by atoms with E-state index in [1.165, 1.54) is 6.07 Å². The van der Waals surface area contributed by atoms with Crippen molar-refractivity contribution in [2.45, 2.75) is 44.2 Å². The first-order valence-corrected chi connectivity index (χ1v) is 6.98. The molecule has 3 rings (SSSR count). The molecule has 2 aliphatic heterocycles. The zero-order chi connectivity index (χ0) is 14.2. The Balaban J connectivity index is 1.75. The summed E-state index contributed by atoms with van der Waals surface area (Å²) in [5.74, 6) is -0.943. The number of epoxide rings is 1. The van der Waals surface area contributed by atoms with Crippen molar-refractivity contribution in [3.05, 3.63) is 35.4 Å². The molecule has 0 aromatic heterocycles. The molecule has 0 spiro atoms. The molecule has 20 heavy (non-hydrogen) atoms. The van der Waals surface area contributed by atoms with Crippen LogP contribution >= 0.6 is 0 Å². The van der Waals surface area contributed by atoms with Crippen molar-refractivity contribution in [1.29, 1.82) is 0 Å². The van der Waals surface area contributed by atoms with Crippen molar-refractivity contribution in [2.75, 3.05) is 13.2 Å². The molecule has 2 aliphatic rings. The number of ether oxygens (including phenoxy) is 3. The minimum atomic E-state index is -0.882. The first kappa shape index (κ1) is 13.9. The summed E-state index contributed by atoms with van der Waals surface area (Å²) in [5, 5.41) is 0. The maximum atomic E-state index is 13.9. The zero-order valence-electron chi connectivity index (χ0n) is 11.4. The molecule has 1 aromatic carbocycles. The maximum Gasteiger partial charge on any atom is 0.158 e. The van der Waals surface area contributed by atoms with Crippen molar-refractivity contribution < 1.29 is 23.0 Å². The highest BCUT2D eigenvalue weighted by atomic mass is 19.1. The van der Waals surface area contributed by atoms with E-state index in [0.29, 0.717) is 13.2 Å². The lowest BCUT2D eigenvalue weighted by Crippen LogP contribution is -2.35. The molecule has 5 heteroatoms. The van der Waals surface area contributed by atoms with E-state index in [1.54, 1.807) is 0 Å². The van der Waals surface area contributed by atoms with Gasteiger partial charge in [0.05, 0.1) is 12.7 Å². The van der Waals surface area contributed by atoms with Crippen molar-refractivity contribution >= 4 is 0 Å². The van der Waals surface area contributed by atoms with Gasteiger partial charge in [-0.25, -0.2) is 8.78 Å². The van der Waals surface area contributed by atoms with E-state index in [-0.39, 0.29) is 18.0 Å². The molecule has 0 N–H and O–H groups in total. The Kier molecular flexibility index (Phi) is 3.75. The van der Waals surface area contributed by atoms with E-state index in [9.17, 15) is 8.78 Å². The third-order valence-corrected chi connectivity index (χ3v) is 3.99. The normalized spacial score (nSPS) is 31.1. The molecule has 1 unspecified atom stereocenters. The summed E-state index contributed by atoms with van der Waals surface area (Å²) in [4.78, 5) is 0. The van der Waals surface area contributed by atoms with Gasteiger partial charge in [-0.15, -0.1) is 0 Å². The molecular formula is C15H18F2O3. The zero-order valence-corrected chi connectivity index (χ0v) is 11.4. The average molecular weight is 284 g/mol. The summed E-state index contributed by atoms with van der Waals surface area (Å²) in [6, 6.07) is 3.41. The number of halogens is 2. The van der Waals surface area contributed by atoms with Crippen LogP contribution in [-0.4, -0.2) is 25.6 Å². The minimum Gasteiger partial charge on any atom is -0.362 e. The summed E-state index contributed by atoms with van der Waals surface area (Å²) in [6.45, 7) is 2.83. The molecule has 3 atom stereocenters. The van der Waals surface area contributed by atoms with Gasteiger partial charge >= 0.3 is 0 Å². The van der Waals surface area contributed by atoms with E-state index in [0.717, 1.165) is 31.4 Å². The van der Waals surface area contributed by atoms with Gasteiger partial charge in [-0.2, -0.15) is 0 Å². The maximum absolute atomic E-state index is 13.9. The number of rotatable bonds is 4. The second kappa shape index (κ2) is 5.39. The van der Waals surface area contributed by atoms with Crippen LogP contribution in [0.25, 0.3) is 0 Å². The fourth-order valence-corrected chi connectivity index (χ4v) is 2.66. The Morgan fingerprint density at radius 3 is 2.80 bits per heavy atom. The smallest absolute Gasteiger partial charge is 0.158 e. The van der Waals surface area contributed by atoms with E-state index in [1.807, 2.05) is 6.92 Å². The molecule has 0 saturated carbocycles. The molecule has 2 saturated heterocycles. The van der Waals surface area contributed by atoms with Crippen LogP contribution in [0.5, 0.6) is 0 Å². The predicted octanol–water partition coefficient (Wildman–Crippen LogP) is 3.12. The Morgan fingerprint density at radius 1 is 1.35 bits per heavy atom. The Labute approximate surface area is 116 Å². The van der Waals surface area contributed by atoms with E-state index < -0.39 is 17.2 Å². The van der Waals surface area contributed by atoms with Gasteiger partial charge in [0.15, 0.2) is 6.29 Å². The highest BCUT2D eigenvalue weighted by molar-refractivity contribution is 5.30. The largest absolute Gasteiger partial charge is 0.362 e. The molecule has 0 radical (unpaired) electrons. The van der Waals surface area contributed by atoms with E-state index >= 15 is 0 Å². The quantitative estimate of drug-likeness (QED) is 0.796. The Hall–Kier alpha value is -1.04. The summed E-state index contributed by atoms with van der Waals surface area (Å²) >= 11 is 0. The molecular weight excluding hydrogens is 266 g/mol. The number of hydrogen-bond acceptors (Lipinski definition) is 3. The topological polar surface area (TPSA) is 31.0 Å². The second-order valence-electron chi connectivity index (χ2n) is 5.38.